The summed E-state index contributed by atoms with van der Waals surface area (Å²) in [5.74, 6) is 0.611. The maximum absolute atomic E-state index is 10.4. The Kier molecular flexibility index (Phi) is 5.26. The van der Waals surface area contributed by atoms with Crippen LogP contribution in [-0.2, 0) is 19.4 Å². The van der Waals surface area contributed by atoms with E-state index in [2.05, 4.69) is 18.1 Å². The number of hydrogen-bond donors (Lipinski definition) is 1. The Morgan fingerprint density at radius 3 is 2.67 bits per heavy atom. The molecular formula is C16H21ClN2O2. The fourth-order valence-corrected chi connectivity index (χ4v) is 2.60. The van der Waals surface area contributed by atoms with Crippen LogP contribution in [0, 0.1) is 0 Å². The molecule has 1 atom stereocenters. The van der Waals surface area contributed by atoms with Crippen molar-refractivity contribution in [3.8, 4) is 5.75 Å². The van der Waals surface area contributed by atoms with Gasteiger partial charge in [0.15, 0.2) is 0 Å². The van der Waals surface area contributed by atoms with E-state index >= 15 is 0 Å². The first kappa shape index (κ1) is 15.9. The van der Waals surface area contributed by atoms with Crippen molar-refractivity contribution in [3.63, 3.8) is 0 Å². The van der Waals surface area contributed by atoms with Gasteiger partial charge in [-0.1, -0.05) is 24.6 Å². The molecule has 1 aromatic heterocycles. The highest BCUT2D eigenvalue weighted by molar-refractivity contribution is 6.32. The molecule has 1 N–H and O–H groups in total. The summed E-state index contributed by atoms with van der Waals surface area (Å²) in [6.07, 6.45) is 0.800. The van der Waals surface area contributed by atoms with Crippen LogP contribution >= 0.6 is 11.6 Å². The number of aliphatic hydroxyl groups excluding tert-OH is 1. The number of nitrogens with zero attached hydrogens (tertiary/aromatic N) is 2. The van der Waals surface area contributed by atoms with Crippen molar-refractivity contribution in [2.75, 3.05) is 7.11 Å². The summed E-state index contributed by atoms with van der Waals surface area (Å²) < 4.78 is 7.06. The van der Waals surface area contributed by atoms with Crippen LogP contribution in [0.1, 0.15) is 36.9 Å². The topological polar surface area (TPSA) is 47.3 Å². The van der Waals surface area contributed by atoms with Crippen molar-refractivity contribution in [2.45, 2.75) is 39.3 Å². The second-order valence-electron chi connectivity index (χ2n) is 4.91. The van der Waals surface area contributed by atoms with Crippen molar-refractivity contribution in [1.29, 1.82) is 0 Å². The Morgan fingerprint density at radius 1 is 1.33 bits per heavy atom. The molecule has 2 rings (SSSR count). The molecule has 0 radical (unpaired) electrons. The molecule has 21 heavy (non-hydrogen) atoms. The fraction of sp³-hybridized carbons (Fsp3) is 0.438. The zero-order valence-electron chi connectivity index (χ0n) is 12.6. The van der Waals surface area contributed by atoms with Gasteiger partial charge in [0.2, 0.25) is 0 Å². The quantitative estimate of drug-likeness (QED) is 0.889. The van der Waals surface area contributed by atoms with Gasteiger partial charge in [0, 0.05) is 18.7 Å². The number of rotatable bonds is 6. The van der Waals surface area contributed by atoms with Crippen LogP contribution in [0.3, 0.4) is 0 Å². The Morgan fingerprint density at radius 2 is 2.10 bits per heavy atom. The van der Waals surface area contributed by atoms with E-state index in [0.29, 0.717) is 17.2 Å². The first-order valence-corrected chi connectivity index (χ1v) is 7.53. The third-order valence-electron chi connectivity index (χ3n) is 3.54. The van der Waals surface area contributed by atoms with E-state index < -0.39 is 6.10 Å². The van der Waals surface area contributed by atoms with E-state index in [1.54, 1.807) is 19.2 Å². The molecule has 1 heterocycles. The second-order valence-corrected chi connectivity index (χ2v) is 5.32. The number of halogens is 1. The van der Waals surface area contributed by atoms with E-state index in [1.165, 1.54) is 0 Å². The zero-order chi connectivity index (χ0) is 15.4. The van der Waals surface area contributed by atoms with Gasteiger partial charge in [0.05, 0.1) is 23.9 Å². The molecule has 0 bridgehead atoms. The normalized spacial score (nSPS) is 12.4. The van der Waals surface area contributed by atoms with Gasteiger partial charge in [-0.05, 0) is 37.1 Å². The lowest BCUT2D eigenvalue weighted by Crippen LogP contribution is -2.08. The van der Waals surface area contributed by atoms with Gasteiger partial charge >= 0.3 is 0 Å². The van der Waals surface area contributed by atoms with Crippen LogP contribution < -0.4 is 4.74 Å². The minimum Gasteiger partial charge on any atom is -0.495 e. The van der Waals surface area contributed by atoms with E-state index in [-0.39, 0.29) is 0 Å². The average Bonchev–Trinajstić information content (AvgIpc) is 2.89. The predicted octanol–water partition coefficient (Wildman–Crippen LogP) is 3.40. The SMILES string of the molecule is CCc1cc(CC(O)c2ccc(OC)c(Cl)c2)n(CC)n1. The maximum Gasteiger partial charge on any atom is 0.137 e. The third-order valence-corrected chi connectivity index (χ3v) is 3.83. The number of benzene rings is 1. The fourth-order valence-electron chi connectivity index (χ4n) is 2.33. The lowest BCUT2D eigenvalue weighted by Gasteiger charge is -2.13. The Bertz CT molecular complexity index is 610. The lowest BCUT2D eigenvalue weighted by molar-refractivity contribution is 0.175. The van der Waals surface area contributed by atoms with Crippen LogP contribution in [0.5, 0.6) is 5.75 Å². The second kappa shape index (κ2) is 6.96. The van der Waals surface area contributed by atoms with Crippen molar-refractivity contribution in [2.24, 2.45) is 0 Å². The standard InChI is InChI=1S/C16H21ClN2O2/c1-4-12-9-13(19(5-2)18-12)10-15(20)11-6-7-16(21-3)14(17)8-11/h6-9,15,20H,4-5,10H2,1-3H3. The molecule has 4 nitrogen and oxygen atoms in total. The summed E-state index contributed by atoms with van der Waals surface area (Å²) in [4.78, 5) is 0. The van der Waals surface area contributed by atoms with Gasteiger partial charge in [-0.3, -0.25) is 4.68 Å². The summed E-state index contributed by atoms with van der Waals surface area (Å²) >= 11 is 6.11. The average molecular weight is 309 g/mol. The molecule has 0 amide bonds. The zero-order valence-corrected chi connectivity index (χ0v) is 13.4. The molecule has 0 aliphatic heterocycles. The Hall–Kier alpha value is -1.52. The first-order valence-electron chi connectivity index (χ1n) is 7.16. The smallest absolute Gasteiger partial charge is 0.137 e. The lowest BCUT2D eigenvalue weighted by atomic mass is 10.0. The molecule has 1 aromatic carbocycles. The highest BCUT2D eigenvalue weighted by atomic mass is 35.5. The number of ether oxygens (including phenoxy) is 1. The van der Waals surface area contributed by atoms with Gasteiger partial charge in [-0.15, -0.1) is 0 Å². The van der Waals surface area contributed by atoms with Gasteiger partial charge in [-0.25, -0.2) is 0 Å². The molecule has 5 heteroatoms. The number of aryl methyl sites for hydroxylation is 2. The van der Waals surface area contributed by atoms with Crippen molar-refractivity contribution >= 4 is 11.6 Å². The van der Waals surface area contributed by atoms with E-state index in [0.717, 1.165) is 29.9 Å². The molecular weight excluding hydrogens is 288 g/mol. The van der Waals surface area contributed by atoms with E-state index in [4.69, 9.17) is 16.3 Å². The van der Waals surface area contributed by atoms with Crippen LogP contribution in [0.25, 0.3) is 0 Å². The maximum atomic E-state index is 10.4. The summed E-state index contributed by atoms with van der Waals surface area (Å²) in [6.45, 7) is 4.92. The minimum absolute atomic E-state index is 0.507. The molecule has 0 aliphatic carbocycles. The Balaban J connectivity index is 2.19. The highest BCUT2D eigenvalue weighted by Crippen LogP contribution is 2.29. The van der Waals surface area contributed by atoms with Gasteiger partial charge in [0.25, 0.3) is 0 Å². The number of methoxy groups -OCH3 is 1. The third kappa shape index (κ3) is 3.57. The number of aromatic nitrogens is 2. The van der Waals surface area contributed by atoms with E-state index in [9.17, 15) is 5.11 Å². The molecule has 0 saturated carbocycles. The summed E-state index contributed by atoms with van der Waals surface area (Å²) in [6, 6.07) is 7.41. The summed E-state index contributed by atoms with van der Waals surface area (Å²) in [7, 11) is 1.57. The van der Waals surface area contributed by atoms with Crippen molar-refractivity contribution in [1.82, 2.24) is 9.78 Å². The molecule has 1 unspecified atom stereocenters. The van der Waals surface area contributed by atoms with E-state index in [1.807, 2.05) is 17.7 Å². The molecule has 2 aromatic rings. The van der Waals surface area contributed by atoms with Gasteiger partial charge in [0.1, 0.15) is 5.75 Å². The van der Waals surface area contributed by atoms with Crippen molar-refractivity contribution < 1.29 is 9.84 Å². The molecule has 0 fully saturated rings. The summed E-state index contributed by atoms with van der Waals surface area (Å²) in [5, 5.41) is 15.4. The van der Waals surface area contributed by atoms with Crippen molar-refractivity contribution in [3.05, 3.63) is 46.2 Å². The largest absolute Gasteiger partial charge is 0.495 e. The molecule has 114 valence electrons. The number of aliphatic hydroxyl groups is 1. The summed E-state index contributed by atoms with van der Waals surface area (Å²) in [5.41, 5.74) is 2.86. The molecule has 0 spiro atoms. The molecule has 0 saturated heterocycles. The number of hydrogen-bond acceptors (Lipinski definition) is 3. The van der Waals surface area contributed by atoms with Crippen LogP contribution in [-0.4, -0.2) is 22.0 Å². The Labute approximate surface area is 130 Å². The first-order chi connectivity index (χ1) is 10.1. The van der Waals surface area contributed by atoms with Gasteiger partial charge in [-0.2, -0.15) is 5.10 Å². The van der Waals surface area contributed by atoms with Gasteiger partial charge < -0.3 is 9.84 Å². The minimum atomic E-state index is -0.611. The highest BCUT2D eigenvalue weighted by Gasteiger charge is 2.14. The van der Waals surface area contributed by atoms with Crippen LogP contribution in [0.4, 0.5) is 0 Å². The molecule has 0 aliphatic rings. The van der Waals surface area contributed by atoms with Crippen LogP contribution in [0.15, 0.2) is 24.3 Å². The van der Waals surface area contributed by atoms with Crippen LogP contribution in [0.2, 0.25) is 5.02 Å². The monoisotopic (exact) mass is 308 g/mol. The predicted molar refractivity (Wildman–Crippen MR) is 83.9 cm³/mol.